The summed E-state index contributed by atoms with van der Waals surface area (Å²) in [6.45, 7) is 0.543. The van der Waals surface area contributed by atoms with Gasteiger partial charge >= 0.3 is 0 Å². The van der Waals surface area contributed by atoms with Gasteiger partial charge in [-0.2, -0.15) is 0 Å². The molecule has 3 aliphatic heterocycles. The zero-order valence-corrected chi connectivity index (χ0v) is 18.0. The lowest BCUT2D eigenvalue weighted by Crippen LogP contribution is -2.73. The van der Waals surface area contributed by atoms with E-state index in [1.54, 1.807) is 55.6 Å². The number of β-lactam (4-membered cyclic amide) rings is 1. The predicted molar refractivity (Wildman–Crippen MR) is 118 cm³/mol. The SMILES string of the molecule is COc1ccc(N2C(=O)[C@@H](N3C(=O)c4ccccc4C3=O)[C@H]2/C(=C/C=O)[C@@H]2CCCO2)cc1. The summed E-state index contributed by atoms with van der Waals surface area (Å²) < 4.78 is 11.0. The largest absolute Gasteiger partial charge is 0.497 e. The van der Waals surface area contributed by atoms with Crippen molar-refractivity contribution in [3.05, 3.63) is 71.3 Å². The van der Waals surface area contributed by atoms with Crippen LogP contribution < -0.4 is 9.64 Å². The monoisotopic (exact) mass is 446 g/mol. The van der Waals surface area contributed by atoms with E-state index in [4.69, 9.17) is 9.47 Å². The Morgan fingerprint density at radius 1 is 1.00 bits per heavy atom. The Labute approximate surface area is 190 Å². The maximum atomic E-state index is 13.5. The van der Waals surface area contributed by atoms with Crippen LogP contribution in [-0.2, 0) is 14.3 Å². The lowest BCUT2D eigenvalue weighted by Gasteiger charge is -2.51. The molecule has 3 heterocycles. The first-order valence-corrected chi connectivity index (χ1v) is 10.8. The summed E-state index contributed by atoms with van der Waals surface area (Å²) in [6, 6.07) is 11.7. The smallest absolute Gasteiger partial charge is 0.262 e. The van der Waals surface area contributed by atoms with Crippen molar-refractivity contribution >= 4 is 29.7 Å². The topological polar surface area (TPSA) is 93.2 Å². The maximum Gasteiger partial charge on any atom is 0.262 e. The lowest BCUT2D eigenvalue weighted by molar-refractivity contribution is -0.129. The second-order valence-corrected chi connectivity index (χ2v) is 8.13. The Hall–Kier alpha value is -3.78. The van der Waals surface area contributed by atoms with Gasteiger partial charge in [-0.1, -0.05) is 12.1 Å². The van der Waals surface area contributed by atoms with Crippen LogP contribution in [0.1, 0.15) is 33.6 Å². The van der Waals surface area contributed by atoms with E-state index in [1.165, 1.54) is 11.0 Å². The fourth-order valence-corrected chi connectivity index (χ4v) is 4.86. The number of allylic oxidation sites excluding steroid dienone is 1. The van der Waals surface area contributed by atoms with E-state index in [0.29, 0.717) is 36.3 Å². The van der Waals surface area contributed by atoms with E-state index in [2.05, 4.69) is 0 Å². The maximum absolute atomic E-state index is 13.5. The molecule has 2 saturated heterocycles. The molecule has 2 aromatic carbocycles. The highest BCUT2D eigenvalue weighted by atomic mass is 16.5. The van der Waals surface area contributed by atoms with Crippen molar-refractivity contribution in [3.63, 3.8) is 0 Å². The highest BCUT2D eigenvalue weighted by Gasteiger charge is 2.58. The minimum absolute atomic E-state index is 0.273. The third-order valence-corrected chi connectivity index (χ3v) is 6.43. The van der Waals surface area contributed by atoms with Gasteiger partial charge in [-0.15, -0.1) is 0 Å². The van der Waals surface area contributed by atoms with Gasteiger partial charge in [0.2, 0.25) is 0 Å². The van der Waals surface area contributed by atoms with Crippen LogP contribution in [0.5, 0.6) is 5.75 Å². The molecule has 0 bridgehead atoms. The molecule has 2 fully saturated rings. The minimum Gasteiger partial charge on any atom is -0.497 e. The number of benzene rings is 2. The van der Waals surface area contributed by atoms with Crippen LogP contribution >= 0.6 is 0 Å². The number of methoxy groups -OCH3 is 1. The number of carbonyl (C=O) groups is 4. The molecule has 0 radical (unpaired) electrons. The highest BCUT2D eigenvalue weighted by molar-refractivity contribution is 6.25. The van der Waals surface area contributed by atoms with E-state index in [-0.39, 0.29) is 17.2 Å². The number of nitrogens with zero attached hydrogens (tertiary/aromatic N) is 2. The van der Waals surface area contributed by atoms with Crippen molar-refractivity contribution in [2.24, 2.45) is 0 Å². The number of ether oxygens (including phenoxy) is 2. The number of hydrogen-bond donors (Lipinski definition) is 0. The van der Waals surface area contributed by atoms with Gasteiger partial charge in [0.1, 0.15) is 18.1 Å². The average molecular weight is 446 g/mol. The Morgan fingerprint density at radius 2 is 1.67 bits per heavy atom. The summed E-state index contributed by atoms with van der Waals surface area (Å²) in [4.78, 5) is 53.9. The van der Waals surface area contributed by atoms with E-state index in [0.717, 1.165) is 11.3 Å². The van der Waals surface area contributed by atoms with E-state index >= 15 is 0 Å². The summed E-state index contributed by atoms with van der Waals surface area (Å²) in [5.74, 6) is -0.783. The molecule has 8 heteroatoms. The third-order valence-electron chi connectivity index (χ3n) is 6.43. The number of anilines is 1. The molecule has 5 rings (SSSR count). The highest BCUT2D eigenvalue weighted by Crippen LogP contribution is 2.41. The second kappa shape index (κ2) is 8.29. The van der Waals surface area contributed by atoms with Crippen LogP contribution in [0, 0.1) is 0 Å². The van der Waals surface area contributed by atoms with Crippen molar-refractivity contribution in [1.29, 1.82) is 0 Å². The first-order chi connectivity index (χ1) is 16.1. The standard InChI is InChI=1S/C25H22N2O6/c1-32-16-10-8-15(9-11-16)26-21(19(12-13-28)20-7-4-14-33-20)22(25(26)31)27-23(29)17-5-2-3-6-18(17)24(27)30/h2-3,5-6,8-13,20-22H,4,7,14H2,1H3/b19-12+/t20-,21+,22-/m0/s1. The van der Waals surface area contributed by atoms with E-state index < -0.39 is 29.8 Å². The van der Waals surface area contributed by atoms with Gasteiger partial charge in [-0.25, -0.2) is 0 Å². The summed E-state index contributed by atoms with van der Waals surface area (Å²) in [5, 5.41) is 0. The number of rotatable bonds is 6. The summed E-state index contributed by atoms with van der Waals surface area (Å²) in [5.41, 5.74) is 1.71. The molecule has 0 N–H and O–H groups in total. The van der Waals surface area contributed by atoms with Crippen LogP contribution in [0.15, 0.2) is 60.2 Å². The van der Waals surface area contributed by atoms with Crippen molar-refractivity contribution in [1.82, 2.24) is 4.90 Å². The predicted octanol–water partition coefficient (Wildman–Crippen LogP) is 2.38. The fraction of sp³-hybridized carbons (Fsp3) is 0.280. The van der Waals surface area contributed by atoms with Crippen molar-refractivity contribution < 1.29 is 28.7 Å². The number of fused-ring (bicyclic) bond motifs is 1. The minimum atomic E-state index is -1.06. The van der Waals surface area contributed by atoms with Gasteiger partial charge in [0.05, 0.1) is 30.4 Å². The molecule has 0 aliphatic carbocycles. The first-order valence-electron chi connectivity index (χ1n) is 10.8. The number of aldehydes is 1. The van der Waals surface area contributed by atoms with Gasteiger partial charge < -0.3 is 14.4 Å². The quantitative estimate of drug-likeness (QED) is 0.293. The van der Waals surface area contributed by atoms with Crippen LogP contribution in [0.2, 0.25) is 0 Å². The zero-order valence-electron chi connectivity index (χ0n) is 18.0. The van der Waals surface area contributed by atoms with Crippen LogP contribution in [0.4, 0.5) is 5.69 Å². The van der Waals surface area contributed by atoms with Gasteiger partial charge in [0.15, 0.2) is 0 Å². The summed E-state index contributed by atoms with van der Waals surface area (Å²) in [6.07, 6.45) is 3.20. The molecule has 0 aromatic heterocycles. The van der Waals surface area contributed by atoms with Crippen LogP contribution in [-0.4, -0.2) is 60.8 Å². The van der Waals surface area contributed by atoms with Gasteiger partial charge in [-0.3, -0.25) is 24.1 Å². The molecule has 0 saturated carbocycles. The number of carbonyl (C=O) groups excluding carboxylic acids is 4. The fourth-order valence-electron chi connectivity index (χ4n) is 4.86. The molecule has 168 valence electrons. The summed E-state index contributed by atoms with van der Waals surface area (Å²) >= 11 is 0. The molecule has 3 atom stereocenters. The van der Waals surface area contributed by atoms with Crippen molar-refractivity contribution in [2.75, 3.05) is 18.6 Å². The van der Waals surface area contributed by atoms with Crippen LogP contribution in [0.25, 0.3) is 0 Å². The summed E-state index contributed by atoms with van der Waals surface area (Å²) in [7, 11) is 1.55. The molecule has 8 nitrogen and oxygen atoms in total. The van der Waals surface area contributed by atoms with Crippen molar-refractivity contribution in [3.8, 4) is 5.75 Å². The molecule has 2 aromatic rings. The normalized spacial score (nSPS) is 24.7. The number of hydrogen-bond acceptors (Lipinski definition) is 6. The van der Waals surface area contributed by atoms with E-state index in [1.807, 2.05) is 0 Å². The first kappa shape index (κ1) is 21.1. The van der Waals surface area contributed by atoms with Gasteiger partial charge in [0.25, 0.3) is 17.7 Å². The molecule has 33 heavy (non-hydrogen) atoms. The molecule has 0 unspecified atom stereocenters. The molecule has 3 aliphatic rings. The number of imide groups is 1. The molecular formula is C25H22N2O6. The molecule has 3 amide bonds. The van der Waals surface area contributed by atoms with E-state index in [9.17, 15) is 19.2 Å². The third kappa shape index (κ3) is 3.25. The zero-order chi connectivity index (χ0) is 23.1. The van der Waals surface area contributed by atoms with Gasteiger partial charge in [0, 0.05) is 12.3 Å². The number of amides is 3. The Kier molecular flexibility index (Phi) is 5.30. The van der Waals surface area contributed by atoms with Crippen molar-refractivity contribution in [2.45, 2.75) is 31.0 Å². The molecular weight excluding hydrogens is 424 g/mol. The lowest BCUT2D eigenvalue weighted by atomic mass is 9.82. The Balaban J connectivity index is 1.57. The average Bonchev–Trinajstić information content (AvgIpc) is 3.46. The molecule has 0 spiro atoms. The second-order valence-electron chi connectivity index (χ2n) is 8.13. The van der Waals surface area contributed by atoms with Gasteiger partial charge in [-0.05, 0) is 60.9 Å². The van der Waals surface area contributed by atoms with Crippen LogP contribution in [0.3, 0.4) is 0 Å². The Bertz CT molecular complexity index is 1130. The Morgan fingerprint density at radius 3 is 2.21 bits per heavy atom.